The molecule has 144 valence electrons. The maximum absolute atomic E-state index is 10.9. The predicted octanol–water partition coefficient (Wildman–Crippen LogP) is 3.89. The number of nitrogens with zero attached hydrogens (tertiary/aromatic N) is 4. The number of hydrogen-bond donors (Lipinski definition) is 1. The van der Waals surface area contributed by atoms with Crippen LogP contribution < -0.4 is 4.74 Å². The van der Waals surface area contributed by atoms with Crippen LogP contribution in [0.25, 0.3) is 4.96 Å². The molecule has 0 spiro atoms. The summed E-state index contributed by atoms with van der Waals surface area (Å²) in [7, 11) is 1.68. The molecule has 1 saturated heterocycles. The van der Waals surface area contributed by atoms with Gasteiger partial charge in [0.1, 0.15) is 5.75 Å². The fourth-order valence-corrected chi connectivity index (χ4v) is 5.03. The Hall–Kier alpha value is -2.12. The largest absolute Gasteiger partial charge is 0.497 e. The number of ether oxygens (including phenoxy) is 1. The molecule has 0 amide bonds. The first-order chi connectivity index (χ1) is 13.1. The highest BCUT2D eigenvalue weighted by atomic mass is 32.1. The zero-order chi connectivity index (χ0) is 19.0. The molecular weight excluding hydrogens is 360 g/mol. The molecule has 7 heteroatoms. The molecule has 2 atom stereocenters. The molecule has 1 aliphatic rings. The van der Waals surface area contributed by atoms with Gasteiger partial charge in [0.05, 0.1) is 18.0 Å². The molecule has 0 unspecified atom stereocenters. The van der Waals surface area contributed by atoms with Gasteiger partial charge >= 0.3 is 0 Å². The van der Waals surface area contributed by atoms with Crippen LogP contribution in [0.4, 0.5) is 0 Å². The van der Waals surface area contributed by atoms with E-state index in [4.69, 9.17) is 4.74 Å². The smallest absolute Gasteiger partial charge is 0.230 e. The molecule has 2 aromatic heterocycles. The van der Waals surface area contributed by atoms with Crippen LogP contribution >= 0.6 is 11.3 Å². The highest BCUT2D eigenvalue weighted by Gasteiger charge is 2.31. The van der Waals surface area contributed by atoms with Crippen molar-refractivity contribution in [3.8, 4) is 11.6 Å². The van der Waals surface area contributed by atoms with Crippen molar-refractivity contribution >= 4 is 16.3 Å². The van der Waals surface area contributed by atoms with E-state index in [1.54, 1.807) is 11.6 Å². The molecular formula is C20H26N4O2S. The van der Waals surface area contributed by atoms with Crippen LogP contribution in [0, 0.1) is 5.92 Å². The van der Waals surface area contributed by atoms with E-state index in [-0.39, 0.29) is 11.9 Å². The van der Waals surface area contributed by atoms with Crippen molar-refractivity contribution in [2.24, 2.45) is 5.92 Å². The number of likely N-dealkylation sites (tertiary alicyclic amines) is 1. The normalized spacial score (nSPS) is 19.4. The van der Waals surface area contributed by atoms with Crippen LogP contribution in [0.2, 0.25) is 0 Å². The summed E-state index contributed by atoms with van der Waals surface area (Å²) in [5.74, 6) is 2.46. The van der Waals surface area contributed by atoms with E-state index in [0.717, 1.165) is 46.5 Å². The van der Waals surface area contributed by atoms with Gasteiger partial charge in [-0.3, -0.25) is 4.90 Å². The number of hydrogen-bond acceptors (Lipinski definition) is 6. The molecule has 0 radical (unpaired) electrons. The molecule has 1 fully saturated rings. The van der Waals surface area contributed by atoms with Crippen molar-refractivity contribution < 1.29 is 9.84 Å². The van der Waals surface area contributed by atoms with E-state index in [0.29, 0.717) is 5.92 Å². The minimum absolute atomic E-state index is 0.00256. The van der Waals surface area contributed by atoms with Crippen LogP contribution in [0.15, 0.2) is 24.3 Å². The summed E-state index contributed by atoms with van der Waals surface area (Å²) in [5.41, 5.74) is 1.15. The lowest BCUT2D eigenvalue weighted by molar-refractivity contribution is 0.149. The third kappa shape index (κ3) is 3.41. The van der Waals surface area contributed by atoms with Crippen LogP contribution in [-0.2, 0) is 6.42 Å². The summed E-state index contributed by atoms with van der Waals surface area (Å²) in [6.07, 6.45) is 3.19. The van der Waals surface area contributed by atoms with Crippen LogP contribution in [0.3, 0.4) is 0 Å². The van der Waals surface area contributed by atoms with Crippen LogP contribution in [-0.4, -0.2) is 44.8 Å². The fourth-order valence-electron chi connectivity index (χ4n) is 3.89. The zero-order valence-electron chi connectivity index (χ0n) is 16.1. The van der Waals surface area contributed by atoms with E-state index in [2.05, 4.69) is 34.0 Å². The third-order valence-electron chi connectivity index (χ3n) is 5.29. The number of rotatable bonds is 5. The van der Waals surface area contributed by atoms with Gasteiger partial charge in [0.25, 0.3) is 0 Å². The average Bonchev–Trinajstić information content (AvgIpc) is 3.22. The van der Waals surface area contributed by atoms with Crippen LogP contribution in [0.5, 0.6) is 11.6 Å². The Morgan fingerprint density at radius 1 is 1.33 bits per heavy atom. The highest BCUT2D eigenvalue weighted by molar-refractivity contribution is 7.17. The maximum atomic E-state index is 10.9. The molecule has 0 bridgehead atoms. The summed E-state index contributed by atoms with van der Waals surface area (Å²) in [5, 5.41) is 15.4. The Bertz CT molecular complexity index is 918. The fraction of sp³-hybridized carbons (Fsp3) is 0.500. The maximum Gasteiger partial charge on any atom is 0.230 e. The molecule has 3 heterocycles. The van der Waals surface area contributed by atoms with Crippen LogP contribution in [0.1, 0.15) is 49.0 Å². The summed E-state index contributed by atoms with van der Waals surface area (Å²) < 4.78 is 6.90. The van der Waals surface area contributed by atoms with E-state index in [9.17, 15) is 5.11 Å². The number of fused-ring (bicyclic) bond motifs is 1. The Labute approximate surface area is 163 Å². The van der Waals surface area contributed by atoms with Crippen molar-refractivity contribution in [1.82, 2.24) is 19.5 Å². The molecule has 0 saturated carbocycles. The third-order valence-corrected chi connectivity index (χ3v) is 6.37. The second-order valence-corrected chi connectivity index (χ2v) is 8.29. The Balaban J connectivity index is 1.79. The minimum Gasteiger partial charge on any atom is -0.497 e. The molecule has 0 aliphatic carbocycles. The summed E-state index contributed by atoms with van der Waals surface area (Å²) in [4.78, 5) is 8.68. The van der Waals surface area contributed by atoms with Gasteiger partial charge < -0.3 is 9.84 Å². The standard InChI is InChI=1S/C20H26N4O2S/c1-4-16-21-20-24(22-16)19(25)18(27-20)17(23-11-5-6-13(2)12-23)14-7-9-15(26-3)10-8-14/h7-10,13,17,25H,4-6,11-12H2,1-3H3/t13-,17+/m1/s1. The lowest BCUT2D eigenvalue weighted by atomic mass is 9.95. The Kier molecular flexibility index (Phi) is 5.06. The number of benzene rings is 1. The molecule has 1 aliphatic heterocycles. The van der Waals surface area contributed by atoms with Crippen molar-refractivity contribution in [3.05, 3.63) is 40.5 Å². The summed E-state index contributed by atoms with van der Waals surface area (Å²) in [6.45, 7) is 6.36. The molecule has 1 aromatic carbocycles. The molecule has 3 aromatic rings. The van der Waals surface area contributed by atoms with Gasteiger partial charge in [-0.1, -0.05) is 37.3 Å². The van der Waals surface area contributed by atoms with Gasteiger partial charge in [-0.05, 0) is 43.0 Å². The highest BCUT2D eigenvalue weighted by Crippen LogP contribution is 2.41. The van der Waals surface area contributed by atoms with Crippen molar-refractivity contribution in [1.29, 1.82) is 0 Å². The second-order valence-electron chi connectivity index (χ2n) is 7.28. The van der Waals surface area contributed by atoms with Gasteiger partial charge in [0.15, 0.2) is 5.82 Å². The first kappa shape index (κ1) is 18.3. The Morgan fingerprint density at radius 2 is 2.11 bits per heavy atom. The van der Waals surface area contributed by atoms with E-state index < -0.39 is 0 Å². The number of piperidine rings is 1. The van der Waals surface area contributed by atoms with Crippen molar-refractivity contribution in [3.63, 3.8) is 0 Å². The van der Waals surface area contributed by atoms with Gasteiger partial charge in [0.2, 0.25) is 10.8 Å². The zero-order valence-corrected chi connectivity index (χ0v) is 16.9. The van der Waals surface area contributed by atoms with E-state index in [1.165, 1.54) is 24.2 Å². The average molecular weight is 387 g/mol. The number of thiazole rings is 1. The first-order valence-electron chi connectivity index (χ1n) is 9.56. The van der Waals surface area contributed by atoms with Crippen molar-refractivity contribution in [2.75, 3.05) is 20.2 Å². The topological polar surface area (TPSA) is 62.9 Å². The SMILES string of the molecule is CCc1nc2sc([C@H](c3ccc(OC)cc3)N3CCC[C@@H](C)C3)c(O)n2n1. The molecule has 6 nitrogen and oxygen atoms in total. The van der Waals surface area contributed by atoms with Gasteiger partial charge in [-0.25, -0.2) is 4.98 Å². The molecule has 27 heavy (non-hydrogen) atoms. The summed E-state index contributed by atoms with van der Waals surface area (Å²) >= 11 is 1.53. The summed E-state index contributed by atoms with van der Waals surface area (Å²) in [6, 6.07) is 8.15. The van der Waals surface area contributed by atoms with Gasteiger partial charge in [0, 0.05) is 13.0 Å². The van der Waals surface area contributed by atoms with E-state index in [1.807, 2.05) is 19.1 Å². The minimum atomic E-state index is -0.00256. The first-order valence-corrected chi connectivity index (χ1v) is 10.4. The predicted molar refractivity (Wildman–Crippen MR) is 107 cm³/mol. The number of aryl methyl sites for hydroxylation is 1. The van der Waals surface area contributed by atoms with Gasteiger partial charge in [-0.2, -0.15) is 4.52 Å². The molecule has 4 rings (SSSR count). The quantitative estimate of drug-likeness (QED) is 0.721. The molecule has 1 N–H and O–H groups in total. The van der Waals surface area contributed by atoms with E-state index >= 15 is 0 Å². The lowest BCUT2D eigenvalue weighted by Gasteiger charge is -2.37. The second kappa shape index (κ2) is 7.48. The number of aromatic hydroxyl groups is 1. The lowest BCUT2D eigenvalue weighted by Crippen LogP contribution is -2.37. The number of methoxy groups -OCH3 is 1. The Morgan fingerprint density at radius 3 is 2.74 bits per heavy atom. The number of aromatic nitrogens is 3. The monoisotopic (exact) mass is 386 g/mol. The van der Waals surface area contributed by atoms with Crippen molar-refractivity contribution in [2.45, 2.75) is 39.2 Å². The van der Waals surface area contributed by atoms with Gasteiger partial charge in [-0.15, -0.1) is 5.10 Å².